The van der Waals surface area contributed by atoms with E-state index in [0.29, 0.717) is 53.7 Å². The Bertz CT molecular complexity index is 2430. The minimum absolute atomic E-state index is 0.112. The molecule has 2 aromatic carbocycles. The van der Waals surface area contributed by atoms with Crippen LogP contribution in [0.2, 0.25) is 0 Å². The van der Waals surface area contributed by atoms with Crippen LogP contribution in [0.3, 0.4) is 0 Å². The molecule has 5 aliphatic rings. The van der Waals surface area contributed by atoms with E-state index in [9.17, 15) is 19.5 Å². The van der Waals surface area contributed by atoms with Gasteiger partial charge in [-0.2, -0.15) is 0 Å². The number of aromatic hydroxyl groups is 1. The molecule has 0 spiro atoms. The third-order valence-corrected chi connectivity index (χ3v) is 13.4. The molecule has 1 aliphatic carbocycles. The number of benzene rings is 2. The lowest BCUT2D eigenvalue weighted by Crippen LogP contribution is -2.51. The van der Waals surface area contributed by atoms with Gasteiger partial charge in [-0.15, -0.1) is 10.2 Å². The first-order valence-corrected chi connectivity index (χ1v) is 21.6. The molecule has 60 heavy (non-hydrogen) atoms. The number of imide groups is 1. The number of piperidine rings is 2. The summed E-state index contributed by atoms with van der Waals surface area (Å²) >= 11 is 0. The molecule has 3 aromatic heterocycles. The Morgan fingerprint density at radius 2 is 1.65 bits per heavy atom. The van der Waals surface area contributed by atoms with E-state index in [-0.39, 0.29) is 23.6 Å². The second-order valence-corrected chi connectivity index (χ2v) is 17.6. The highest BCUT2D eigenvalue weighted by Crippen LogP contribution is 2.45. The van der Waals surface area contributed by atoms with Crippen molar-refractivity contribution in [2.24, 2.45) is 11.8 Å². The molecular formula is C46H52N10O4. The van der Waals surface area contributed by atoms with Crippen LogP contribution in [-0.4, -0.2) is 105 Å². The third kappa shape index (κ3) is 7.64. The SMILES string of the molecule is Nc1nnc(-c2ccccc2O)cc1N1CCC[C@H](c2ccc(C(=O)N3CCC(CN4CC(Cn5cc(C6CC6)c6cc(N7CCC(=O)NC7=O)cnc65)C4)CC3)cc2)C1. The van der Waals surface area contributed by atoms with Gasteiger partial charge in [0.25, 0.3) is 5.91 Å². The van der Waals surface area contributed by atoms with Crippen molar-refractivity contribution >= 4 is 46.1 Å². The van der Waals surface area contributed by atoms with E-state index in [4.69, 9.17) is 10.7 Å². The normalized spacial score (nSPS) is 20.7. The lowest BCUT2D eigenvalue weighted by atomic mass is 9.89. The number of amides is 4. The lowest BCUT2D eigenvalue weighted by molar-refractivity contribution is -0.120. The molecule has 5 aromatic rings. The van der Waals surface area contributed by atoms with Gasteiger partial charge in [-0.05, 0) is 97.9 Å². The molecular weight excluding hydrogens is 757 g/mol. The van der Waals surface area contributed by atoms with Crippen LogP contribution in [0.25, 0.3) is 22.3 Å². The highest BCUT2D eigenvalue weighted by atomic mass is 16.3. The molecule has 4 saturated heterocycles. The maximum absolute atomic E-state index is 13.6. The molecule has 14 heteroatoms. The van der Waals surface area contributed by atoms with Crippen molar-refractivity contribution in [3.05, 3.63) is 89.7 Å². The topological polar surface area (TPSA) is 166 Å². The fourth-order valence-corrected chi connectivity index (χ4v) is 9.92. The smallest absolute Gasteiger partial charge is 0.328 e. The number of pyridine rings is 1. The summed E-state index contributed by atoms with van der Waals surface area (Å²) in [4.78, 5) is 51.2. The Kier molecular flexibility index (Phi) is 10.1. The Labute approximate surface area is 349 Å². The van der Waals surface area contributed by atoms with E-state index in [1.165, 1.54) is 24.0 Å². The average molecular weight is 809 g/mol. The summed E-state index contributed by atoms with van der Waals surface area (Å²) in [5, 5.41) is 22.4. The highest BCUT2D eigenvalue weighted by molar-refractivity contribution is 6.06. The van der Waals surface area contributed by atoms with Crippen LogP contribution in [0, 0.1) is 11.8 Å². The second kappa shape index (κ2) is 15.9. The number of nitrogen functional groups attached to an aromatic ring is 1. The standard InChI is InChI=1S/C46H52N10O4/c47-43-40(21-39(50-51-43)36-5-1-2-6-41(36)57)54-16-3-4-34(27-54)31-7-11-33(12-8-31)45(59)53-17-13-29(14-18-53)23-52-24-30(25-52)26-55-28-38(32-9-10-32)37-20-35(22-48-44(37)55)56-19-15-42(58)49-46(56)60/h1-2,5-8,11-12,20-22,28-30,32,34,57H,3-4,9-10,13-19,23-27H2,(H2,47,51)(H,49,58,60)/t34-/m0/s1. The number of urea groups is 1. The van der Waals surface area contributed by atoms with E-state index in [0.717, 1.165) is 106 Å². The molecule has 4 aliphatic heterocycles. The van der Waals surface area contributed by atoms with E-state index in [1.807, 2.05) is 35.2 Å². The number of carbonyl (C=O) groups excluding carboxylic acids is 3. The highest BCUT2D eigenvalue weighted by Gasteiger charge is 2.34. The molecule has 14 nitrogen and oxygen atoms in total. The van der Waals surface area contributed by atoms with E-state index >= 15 is 0 Å². The number of hydrogen-bond donors (Lipinski definition) is 3. The van der Waals surface area contributed by atoms with Crippen LogP contribution < -0.4 is 20.9 Å². The van der Waals surface area contributed by atoms with Gasteiger partial charge in [-0.3, -0.25) is 19.8 Å². The predicted octanol–water partition coefficient (Wildman–Crippen LogP) is 5.97. The Morgan fingerprint density at radius 1 is 0.850 bits per heavy atom. The quantitative estimate of drug-likeness (QED) is 0.153. The lowest BCUT2D eigenvalue weighted by Gasteiger charge is -2.43. The number of hydrogen-bond acceptors (Lipinski definition) is 10. The molecule has 310 valence electrons. The number of para-hydroxylation sites is 1. The Hall–Kier alpha value is -6.02. The van der Waals surface area contributed by atoms with Crippen molar-refractivity contribution in [3.8, 4) is 17.0 Å². The molecule has 4 N–H and O–H groups in total. The largest absolute Gasteiger partial charge is 0.507 e. The van der Waals surface area contributed by atoms with Gasteiger partial charge in [0, 0.05) is 99.9 Å². The van der Waals surface area contributed by atoms with Gasteiger partial charge >= 0.3 is 6.03 Å². The van der Waals surface area contributed by atoms with E-state index in [2.05, 4.69) is 54.3 Å². The minimum atomic E-state index is -0.379. The van der Waals surface area contributed by atoms with Crippen molar-refractivity contribution in [2.75, 3.05) is 67.9 Å². The van der Waals surface area contributed by atoms with E-state index in [1.54, 1.807) is 23.2 Å². The van der Waals surface area contributed by atoms with Gasteiger partial charge in [0.2, 0.25) is 5.91 Å². The first-order valence-electron chi connectivity index (χ1n) is 21.6. The van der Waals surface area contributed by atoms with Crippen molar-refractivity contribution in [3.63, 3.8) is 0 Å². The number of anilines is 3. The fourth-order valence-electron chi connectivity index (χ4n) is 9.92. The van der Waals surface area contributed by atoms with Gasteiger partial charge in [-0.25, -0.2) is 9.78 Å². The maximum atomic E-state index is 13.6. The molecule has 1 atom stereocenters. The van der Waals surface area contributed by atoms with Crippen molar-refractivity contribution in [1.82, 2.24) is 34.9 Å². The van der Waals surface area contributed by atoms with Crippen LogP contribution in [0.15, 0.2) is 73.1 Å². The summed E-state index contributed by atoms with van der Waals surface area (Å²) < 4.78 is 2.32. The minimum Gasteiger partial charge on any atom is -0.507 e. The van der Waals surface area contributed by atoms with Crippen molar-refractivity contribution in [2.45, 2.75) is 63.3 Å². The zero-order valence-electron chi connectivity index (χ0n) is 33.9. The van der Waals surface area contributed by atoms with Gasteiger partial charge in [-0.1, -0.05) is 24.3 Å². The first kappa shape index (κ1) is 38.2. The molecule has 1 saturated carbocycles. The number of nitrogens with zero attached hydrogens (tertiary/aromatic N) is 8. The molecule has 10 rings (SSSR count). The summed E-state index contributed by atoms with van der Waals surface area (Å²) in [6, 6.07) is 19.0. The molecule has 7 heterocycles. The second-order valence-electron chi connectivity index (χ2n) is 17.6. The fraction of sp³-hybridized carbons (Fsp3) is 0.435. The van der Waals surface area contributed by atoms with Crippen LogP contribution in [-0.2, 0) is 11.3 Å². The van der Waals surface area contributed by atoms with Gasteiger partial charge in [0.05, 0.1) is 23.3 Å². The number of carbonyl (C=O) groups is 3. The zero-order valence-corrected chi connectivity index (χ0v) is 33.9. The average Bonchev–Trinajstić information content (AvgIpc) is 4.04. The number of nitrogens with two attached hydrogens (primary N) is 1. The van der Waals surface area contributed by atoms with Crippen molar-refractivity contribution < 1.29 is 19.5 Å². The van der Waals surface area contributed by atoms with Crippen LogP contribution >= 0.6 is 0 Å². The summed E-state index contributed by atoms with van der Waals surface area (Å²) in [6.07, 6.45) is 10.8. The number of phenolic OH excluding ortho intramolecular Hbond substituents is 1. The third-order valence-electron chi connectivity index (χ3n) is 13.4. The summed E-state index contributed by atoms with van der Waals surface area (Å²) in [7, 11) is 0. The molecule has 0 bridgehead atoms. The molecule has 0 unspecified atom stereocenters. The van der Waals surface area contributed by atoms with Gasteiger partial charge < -0.3 is 30.1 Å². The predicted molar refractivity (Wildman–Crippen MR) is 230 cm³/mol. The number of aromatic nitrogens is 4. The number of phenols is 1. The number of rotatable bonds is 10. The first-order chi connectivity index (χ1) is 29.2. The Balaban J connectivity index is 0.701. The van der Waals surface area contributed by atoms with Gasteiger partial charge in [0.15, 0.2) is 5.82 Å². The van der Waals surface area contributed by atoms with Crippen LogP contribution in [0.5, 0.6) is 5.75 Å². The number of fused-ring (bicyclic) bond motifs is 1. The van der Waals surface area contributed by atoms with Crippen LogP contribution in [0.1, 0.15) is 78.3 Å². The molecule has 0 radical (unpaired) electrons. The molecule has 4 amide bonds. The van der Waals surface area contributed by atoms with E-state index < -0.39 is 0 Å². The monoisotopic (exact) mass is 808 g/mol. The number of likely N-dealkylation sites (tertiary alicyclic amines) is 2. The summed E-state index contributed by atoms with van der Waals surface area (Å²) in [6.45, 7) is 7.71. The number of nitrogens with one attached hydrogen (secondary N) is 1. The van der Waals surface area contributed by atoms with Crippen LogP contribution in [0.4, 0.5) is 22.0 Å². The zero-order chi connectivity index (χ0) is 40.9. The molecule has 5 fully saturated rings. The maximum Gasteiger partial charge on any atom is 0.328 e. The van der Waals surface area contributed by atoms with Gasteiger partial charge in [0.1, 0.15) is 11.4 Å². The van der Waals surface area contributed by atoms with Crippen molar-refractivity contribution in [1.29, 1.82) is 0 Å². The Morgan fingerprint density at radius 3 is 2.42 bits per heavy atom. The summed E-state index contributed by atoms with van der Waals surface area (Å²) in [5.41, 5.74) is 13.4. The summed E-state index contributed by atoms with van der Waals surface area (Å²) in [5.74, 6) is 2.40.